The van der Waals surface area contributed by atoms with Crippen LogP contribution in [0.25, 0.3) is 0 Å². The topological polar surface area (TPSA) is 72.6 Å². The molecule has 1 aromatic rings. The summed E-state index contributed by atoms with van der Waals surface area (Å²) in [6.07, 6.45) is -0.246. The Kier molecular flexibility index (Phi) is 5.15. The summed E-state index contributed by atoms with van der Waals surface area (Å²) in [4.78, 5) is 10.1. The Morgan fingerprint density at radius 1 is 1.56 bits per heavy atom. The second kappa shape index (κ2) is 6.62. The normalized spacial score (nSPS) is 11.3. The van der Waals surface area contributed by atoms with Crippen LogP contribution in [0.15, 0.2) is 18.2 Å². The zero-order valence-electron chi connectivity index (χ0n) is 10.3. The van der Waals surface area contributed by atoms with Crippen molar-refractivity contribution in [3.05, 3.63) is 33.9 Å². The third kappa shape index (κ3) is 3.75. The van der Waals surface area contributed by atoms with E-state index in [1.807, 2.05) is 0 Å². The molecule has 0 spiro atoms. The monoisotopic (exact) mass is 249 g/mol. The molecule has 0 aliphatic carbocycles. The van der Waals surface area contributed by atoms with Crippen LogP contribution >= 0.6 is 0 Å². The first kappa shape index (κ1) is 14.0. The van der Waals surface area contributed by atoms with E-state index >= 15 is 0 Å². The number of nitro groups is 1. The molecule has 0 heterocycles. The highest BCUT2D eigenvalue weighted by molar-refractivity contribution is 5.44. The molecule has 1 aromatic carbocycles. The van der Waals surface area contributed by atoms with Crippen LogP contribution in [-0.2, 0) is 0 Å². The highest BCUT2D eigenvalue weighted by Crippen LogP contribution is 2.29. The predicted molar refractivity (Wildman–Crippen MR) is 67.3 cm³/mol. The summed E-state index contributed by atoms with van der Waals surface area (Å²) in [5.74, 6) is 6.05. The molecule has 1 rings (SSSR count). The molecule has 0 aromatic heterocycles. The van der Waals surface area contributed by atoms with E-state index in [1.54, 1.807) is 6.92 Å². The van der Waals surface area contributed by atoms with E-state index in [4.69, 9.17) is 4.74 Å². The van der Waals surface area contributed by atoms with E-state index in [9.17, 15) is 15.2 Å². The van der Waals surface area contributed by atoms with Crippen LogP contribution in [-0.4, -0.2) is 16.6 Å². The Hall–Kier alpha value is -2.06. The van der Waals surface area contributed by atoms with E-state index in [0.29, 0.717) is 24.3 Å². The predicted octanol–water partition coefficient (Wildman–Crippen LogP) is 2.44. The molecule has 96 valence electrons. The molecule has 0 unspecified atom stereocenters. The smallest absolute Gasteiger partial charge is 0.270 e. The highest BCUT2D eigenvalue weighted by Gasteiger charge is 2.15. The third-order valence-electron chi connectivity index (χ3n) is 2.32. The minimum absolute atomic E-state index is 0.0633. The van der Waals surface area contributed by atoms with Gasteiger partial charge in [-0.05, 0) is 19.9 Å². The number of benzene rings is 1. The van der Waals surface area contributed by atoms with E-state index in [-0.39, 0.29) is 5.69 Å². The van der Waals surface area contributed by atoms with Gasteiger partial charge in [0.25, 0.3) is 5.69 Å². The molecule has 0 amide bonds. The SMILES string of the molecule is CC#CCCOc1ccc([N+](=O)[O-])cc1[C@@H](C)O. The Labute approximate surface area is 106 Å². The van der Waals surface area contributed by atoms with E-state index in [0.717, 1.165) is 0 Å². The van der Waals surface area contributed by atoms with Crippen molar-refractivity contribution in [1.82, 2.24) is 0 Å². The summed E-state index contributed by atoms with van der Waals surface area (Å²) < 4.78 is 5.45. The number of aliphatic hydroxyl groups excluding tert-OH is 1. The molecular formula is C13H15NO4. The van der Waals surface area contributed by atoms with Crippen LogP contribution in [0.2, 0.25) is 0 Å². The minimum atomic E-state index is -0.822. The third-order valence-corrected chi connectivity index (χ3v) is 2.32. The number of nitro benzene ring substituents is 1. The lowest BCUT2D eigenvalue weighted by atomic mass is 10.1. The fourth-order valence-electron chi connectivity index (χ4n) is 1.44. The molecule has 18 heavy (non-hydrogen) atoms. The summed E-state index contributed by atoms with van der Waals surface area (Å²) in [7, 11) is 0. The van der Waals surface area contributed by atoms with E-state index in [1.165, 1.54) is 25.1 Å². The number of nitrogens with zero attached hydrogens (tertiary/aromatic N) is 1. The first-order chi connectivity index (χ1) is 8.56. The number of hydrogen-bond acceptors (Lipinski definition) is 4. The standard InChI is InChI=1S/C13H15NO4/c1-3-4-5-8-18-13-7-6-11(14(16)17)9-12(13)10(2)15/h6-7,9-10,15H,5,8H2,1-2H3/t10-/m1/s1. The van der Waals surface area contributed by atoms with Gasteiger partial charge in [-0.2, -0.15) is 0 Å². The largest absolute Gasteiger partial charge is 0.492 e. The summed E-state index contributed by atoms with van der Waals surface area (Å²) in [5.41, 5.74) is 0.347. The van der Waals surface area contributed by atoms with Gasteiger partial charge in [-0.3, -0.25) is 10.1 Å². The van der Waals surface area contributed by atoms with Crippen molar-refractivity contribution in [2.24, 2.45) is 0 Å². The van der Waals surface area contributed by atoms with Crippen LogP contribution in [0, 0.1) is 22.0 Å². The average Bonchev–Trinajstić information content (AvgIpc) is 2.34. The fraction of sp³-hybridized carbons (Fsp3) is 0.385. The van der Waals surface area contributed by atoms with Gasteiger partial charge in [0.1, 0.15) is 5.75 Å². The molecule has 0 fully saturated rings. The fourth-order valence-corrected chi connectivity index (χ4v) is 1.44. The first-order valence-corrected chi connectivity index (χ1v) is 5.55. The van der Waals surface area contributed by atoms with Crippen molar-refractivity contribution in [2.75, 3.05) is 6.61 Å². The van der Waals surface area contributed by atoms with Crippen LogP contribution in [0.5, 0.6) is 5.75 Å². The molecule has 0 saturated carbocycles. The molecular weight excluding hydrogens is 234 g/mol. The molecule has 1 N–H and O–H groups in total. The first-order valence-electron chi connectivity index (χ1n) is 5.55. The van der Waals surface area contributed by atoms with Gasteiger partial charge in [0.15, 0.2) is 0 Å². The van der Waals surface area contributed by atoms with Crippen LogP contribution in [0.3, 0.4) is 0 Å². The number of non-ortho nitro benzene ring substituents is 1. The summed E-state index contributed by atoms with van der Waals surface area (Å²) in [5, 5.41) is 20.2. The maximum absolute atomic E-state index is 10.7. The second-order valence-electron chi connectivity index (χ2n) is 3.68. The molecule has 1 atom stereocenters. The van der Waals surface area contributed by atoms with Crippen molar-refractivity contribution in [3.63, 3.8) is 0 Å². The zero-order valence-corrected chi connectivity index (χ0v) is 10.3. The van der Waals surface area contributed by atoms with Crippen molar-refractivity contribution in [3.8, 4) is 17.6 Å². The van der Waals surface area contributed by atoms with Gasteiger partial charge in [0.05, 0.1) is 17.6 Å². The van der Waals surface area contributed by atoms with Gasteiger partial charge in [-0.1, -0.05) is 0 Å². The molecule has 0 aliphatic rings. The quantitative estimate of drug-likeness (QED) is 0.376. The Bertz CT molecular complexity index is 485. The summed E-state index contributed by atoms with van der Waals surface area (Å²) in [6, 6.07) is 4.18. The van der Waals surface area contributed by atoms with Crippen LogP contribution in [0.4, 0.5) is 5.69 Å². The molecule has 0 saturated heterocycles. The lowest BCUT2D eigenvalue weighted by Gasteiger charge is -2.12. The van der Waals surface area contributed by atoms with Crippen molar-refractivity contribution in [2.45, 2.75) is 26.4 Å². The summed E-state index contributed by atoms with van der Waals surface area (Å²) in [6.45, 7) is 3.67. The number of rotatable bonds is 5. The number of aliphatic hydroxyl groups is 1. The Morgan fingerprint density at radius 2 is 2.28 bits per heavy atom. The summed E-state index contributed by atoms with van der Waals surface area (Å²) >= 11 is 0. The van der Waals surface area contributed by atoms with Crippen molar-refractivity contribution >= 4 is 5.69 Å². The number of ether oxygens (including phenoxy) is 1. The Balaban J connectivity index is 2.88. The van der Waals surface area contributed by atoms with Crippen molar-refractivity contribution in [1.29, 1.82) is 0 Å². The molecule has 0 radical (unpaired) electrons. The molecule has 5 nitrogen and oxygen atoms in total. The average molecular weight is 249 g/mol. The molecule has 0 aliphatic heterocycles. The molecule has 0 bridgehead atoms. The lowest BCUT2D eigenvalue weighted by molar-refractivity contribution is -0.385. The van der Waals surface area contributed by atoms with Crippen molar-refractivity contribution < 1.29 is 14.8 Å². The van der Waals surface area contributed by atoms with Gasteiger partial charge in [-0.15, -0.1) is 11.8 Å². The van der Waals surface area contributed by atoms with Gasteiger partial charge in [0, 0.05) is 24.1 Å². The van der Waals surface area contributed by atoms with E-state index < -0.39 is 11.0 Å². The lowest BCUT2D eigenvalue weighted by Crippen LogP contribution is -2.02. The molecule has 5 heteroatoms. The van der Waals surface area contributed by atoms with Gasteiger partial charge in [0.2, 0.25) is 0 Å². The Morgan fingerprint density at radius 3 is 2.83 bits per heavy atom. The van der Waals surface area contributed by atoms with E-state index in [2.05, 4.69) is 11.8 Å². The van der Waals surface area contributed by atoms with Crippen LogP contribution < -0.4 is 4.74 Å². The van der Waals surface area contributed by atoms with Gasteiger partial charge < -0.3 is 9.84 Å². The van der Waals surface area contributed by atoms with Gasteiger partial charge >= 0.3 is 0 Å². The number of hydrogen-bond donors (Lipinski definition) is 1. The minimum Gasteiger partial charge on any atom is -0.492 e. The highest BCUT2D eigenvalue weighted by atomic mass is 16.6. The zero-order chi connectivity index (χ0) is 13.5. The van der Waals surface area contributed by atoms with Gasteiger partial charge in [-0.25, -0.2) is 0 Å². The maximum atomic E-state index is 10.7. The van der Waals surface area contributed by atoms with Crippen LogP contribution in [0.1, 0.15) is 31.9 Å². The second-order valence-corrected chi connectivity index (χ2v) is 3.68. The maximum Gasteiger partial charge on any atom is 0.270 e.